The Morgan fingerprint density at radius 2 is 1.84 bits per heavy atom. The molecule has 0 unspecified atom stereocenters. The molecular formula is C26H21Cl2NO3. The maximum atomic E-state index is 12.6. The van der Waals surface area contributed by atoms with Crippen molar-refractivity contribution < 1.29 is 13.9 Å². The van der Waals surface area contributed by atoms with E-state index in [4.69, 9.17) is 32.4 Å². The number of rotatable bonds is 6. The van der Waals surface area contributed by atoms with Gasteiger partial charge in [0, 0.05) is 44.4 Å². The van der Waals surface area contributed by atoms with Crippen LogP contribution in [0.3, 0.4) is 0 Å². The number of anilines is 1. The Balaban J connectivity index is 1.72. The second-order valence-corrected chi connectivity index (χ2v) is 8.13. The fraction of sp³-hybridized carbons (Fsp3) is 0.115. The molecule has 0 radical (unpaired) electrons. The summed E-state index contributed by atoms with van der Waals surface area (Å²) in [6, 6.07) is 18.5. The summed E-state index contributed by atoms with van der Waals surface area (Å²) in [4.78, 5) is 12.6. The summed E-state index contributed by atoms with van der Waals surface area (Å²) < 4.78 is 11.6. The summed E-state index contributed by atoms with van der Waals surface area (Å²) in [6.45, 7) is 4.29. The number of allylic oxidation sites excluding steroid dienone is 1. The van der Waals surface area contributed by atoms with Gasteiger partial charge in [-0.25, -0.2) is 0 Å². The van der Waals surface area contributed by atoms with E-state index in [1.54, 1.807) is 36.6 Å². The first kappa shape index (κ1) is 22.0. The topological polar surface area (TPSA) is 51.5 Å². The molecule has 32 heavy (non-hydrogen) atoms. The van der Waals surface area contributed by atoms with E-state index in [-0.39, 0.29) is 5.91 Å². The number of ether oxygens (including phenoxy) is 1. The lowest BCUT2D eigenvalue weighted by Crippen LogP contribution is -2.08. The first-order chi connectivity index (χ1) is 15.4. The standard InChI is InChI=1S/C26H21Cl2NO3/c1-3-31-24-14-25-22(23(15-32-25)17-7-9-18(27)10-8-17)13-21(24)16(2)11-26(30)29-20-6-4-5-19(28)12-20/h4-15H,3H2,1-2H3,(H,29,30)/b16-11+. The second-order valence-electron chi connectivity index (χ2n) is 7.26. The van der Waals surface area contributed by atoms with Crippen LogP contribution >= 0.6 is 23.2 Å². The molecular weight excluding hydrogens is 445 g/mol. The van der Waals surface area contributed by atoms with Gasteiger partial charge in [0.2, 0.25) is 5.91 Å². The van der Waals surface area contributed by atoms with Crippen LogP contribution in [0.25, 0.3) is 27.7 Å². The number of carbonyl (C=O) groups is 1. The summed E-state index contributed by atoms with van der Waals surface area (Å²) in [5.74, 6) is 0.402. The molecule has 3 aromatic carbocycles. The molecule has 0 aliphatic carbocycles. The lowest BCUT2D eigenvalue weighted by Gasteiger charge is -2.12. The minimum absolute atomic E-state index is 0.252. The largest absolute Gasteiger partial charge is 0.493 e. The van der Waals surface area contributed by atoms with Gasteiger partial charge in [0.25, 0.3) is 0 Å². The van der Waals surface area contributed by atoms with E-state index in [0.29, 0.717) is 33.7 Å². The predicted molar refractivity (Wildman–Crippen MR) is 132 cm³/mol. The van der Waals surface area contributed by atoms with Crippen LogP contribution in [0.4, 0.5) is 5.69 Å². The molecule has 1 aromatic heterocycles. The summed E-state index contributed by atoms with van der Waals surface area (Å²) >= 11 is 12.0. The first-order valence-electron chi connectivity index (χ1n) is 10.1. The molecule has 4 aromatic rings. The molecule has 0 saturated heterocycles. The van der Waals surface area contributed by atoms with Crippen LogP contribution in [0.15, 0.2) is 77.4 Å². The van der Waals surface area contributed by atoms with Crippen LogP contribution in [0, 0.1) is 0 Å². The number of amides is 1. The monoisotopic (exact) mass is 465 g/mol. The van der Waals surface area contributed by atoms with Gasteiger partial charge in [-0.15, -0.1) is 0 Å². The van der Waals surface area contributed by atoms with Gasteiger partial charge in [-0.1, -0.05) is 41.4 Å². The zero-order valence-corrected chi connectivity index (χ0v) is 19.1. The van der Waals surface area contributed by atoms with Gasteiger partial charge in [-0.2, -0.15) is 0 Å². The van der Waals surface area contributed by atoms with E-state index in [1.807, 2.05) is 50.2 Å². The second kappa shape index (κ2) is 9.51. The van der Waals surface area contributed by atoms with Crippen LogP contribution in [-0.2, 0) is 4.79 Å². The van der Waals surface area contributed by atoms with E-state index >= 15 is 0 Å². The van der Waals surface area contributed by atoms with E-state index in [9.17, 15) is 4.79 Å². The molecule has 0 atom stereocenters. The number of halogens is 2. The van der Waals surface area contributed by atoms with Gasteiger partial charge in [0.15, 0.2) is 0 Å². The molecule has 4 nitrogen and oxygen atoms in total. The Kier molecular flexibility index (Phi) is 6.54. The molecule has 6 heteroatoms. The van der Waals surface area contributed by atoms with Crippen LogP contribution in [0.1, 0.15) is 19.4 Å². The average molecular weight is 466 g/mol. The van der Waals surface area contributed by atoms with Gasteiger partial charge in [-0.3, -0.25) is 4.79 Å². The SMILES string of the molecule is CCOc1cc2occ(-c3ccc(Cl)cc3)c2cc1/C(C)=C/C(=O)Nc1cccc(Cl)c1. The molecule has 0 bridgehead atoms. The number of nitrogens with one attached hydrogen (secondary N) is 1. The lowest BCUT2D eigenvalue weighted by atomic mass is 9.99. The van der Waals surface area contributed by atoms with Crippen molar-refractivity contribution in [2.24, 2.45) is 0 Å². The molecule has 0 fully saturated rings. The van der Waals surface area contributed by atoms with Crippen LogP contribution < -0.4 is 10.1 Å². The highest BCUT2D eigenvalue weighted by atomic mass is 35.5. The van der Waals surface area contributed by atoms with E-state index in [1.165, 1.54) is 0 Å². The van der Waals surface area contributed by atoms with Gasteiger partial charge in [0.05, 0.1) is 12.9 Å². The molecule has 0 aliphatic heterocycles. The molecule has 0 spiro atoms. The third-order valence-corrected chi connectivity index (χ3v) is 5.48. The molecule has 1 heterocycles. The van der Waals surface area contributed by atoms with Crippen molar-refractivity contribution in [3.05, 3.63) is 88.6 Å². The maximum Gasteiger partial charge on any atom is 0.248 e. The number of carbonyl (C=O) groups excluding carboxylic acids is 1. The Hall–Kier alpha value is -3.21. The molecule has 0 aliphatic rings. The summed E-state index contributed by atoms with van der Waals surface area (Å²) in [6.07, 6.45) is 3.27. The Morgan fingerprint density at radius 1 is 1.06 bits per heavy atom. The van der Waals surface area contributed by atoms with Crippen molar-refractivity contribution >= 4 is 51.3 Å². The predicted octanol–water partition coefficient (Wildman–Crippen LogP) is 7.85. The maximum absolute atomic E-state index is 12.6. The van der Waals surface area contributed by atoms with E-state index in [2.05, 4.69) is 5.32 Å². The minimum Gasteiger partial charge on any atom is -0.493 e. The molecule has 4 rings (SSSR count). The van der Waals surface area contributed by atoms with Crippen molar-refractivity contribution in [3.8, 4) is 16.9 Å². The third-order valence-electron chi connectivity index (χ3n) is 5.00. The Morgan fingerprint density at radius 3 is 2.56 bits per heavy atom. The number of benzene rings is 3. The lowest BCUT2D eigenvalue weighted by molar-refractivity contribution is -0.111. The van der Waals surface area contributed by atoms with Gasteiger partial charge >= 0.3 is 0 Å². The quantitative estimate of drug-likeness (QED) is 0.295. The Bertz CT molecular complexity index is 1310. The van der Waals surface area contributed by atoms with Gasteiger partial charge in [-0.05, 0) is 61.4 Å². The van der Waals surface area contributed by atoms with E-state index < -0.39 is 0 Å². The van der Waals surface area contributed by atoms with Crippen molar-refractivity contribution in [1.29, 1.82) is 0 Å². The third kappa shape index (κ3) is 4.82. The van der Waals surface area contributed by atoms with Crippen molar-refractivity contribution in [2.45, 2.75) is 13.8 Å². The first-order valence-corrected chi connectivity index (χ1v) is 10.9. The van der Waals surface area contributed by atoms with E-state index in [0.717, 1.165) is 27.6 Å². The average Bonchev–Trinajstić information content (AvgIpc) is 3.16. The number of hydrogen-bond donors (Lipinski definition) is 1. The van der Waals surface area contributed by atoms with Crippen LogP contribution in [-0.4, -0.2) is 12.5 Å². The Labute approximate surface area is 196 Å². The highest BCUT2D eigenvalue weighted by Gasteiger charge is 2.15. The summed E-state index contributed by atoms with van der Waals surface area (Å²) in [5, 5.41) is 4.99. The minimum atomic E-state index is -0.252. The summed E-state index contributed by atoms with van der Waals surface area (Å²) in [5.41, 5.74) is 4.85. The number of hydrogen-bond acceptors (Lipinski definition) is 3. The molecule has 1 amide bonds. The van der Waals surface area contributed by atoms with Crippen molar-refractivity contribution in [1.82, 2.24) is 0 Å². The zero-order valence-electron chi connectivity index (χ0n) is 17.6. The number of furan rings is 1. The van der Waals surface area contributed by atoms with Crippen molar-refractivity contribution in [3.63, 3.8) is 0 Å². The fourth-order valence-electron chi connectivity index (χ4n) is 3.51. The molecule has 162 valence electrons. The molecule has 1 N–H and O–H groups in total. The van der Waals surface area contributed by atoms with Crippen LogP contribution in [0.2, 0.25) is 10.0 Å². The van der Waals surface area contributed by atoms with Crippen LogP contribution in [0.5, 0.6) is 5.75 Å². The fourth-order valence-corrected chi connectivity index (χ4v) is 3.83. The normalized spacial score (nSPS) is 11.6. The van der Waals surface area contributed by atoms with Gasteiger partial charge < -0.3 is 14.5 Å². The zero-order chi connectivity index (χ0) is 22.7. The van der Waals surface area contributed by atoms with Gasteiger partial charge in [0.1, 0.15) is 11.3 Å². The smallest absolute Gasteiger partial charge is 0.248 e. The highest BCUT2D eigenvalue weighted by Crippen LogP contribution is 2.37. The highest BCUT2D eigenvalue weighted by molar-refractivity contribution is 6.31. The summed E-state index contributed by atoms with van der Waals surface area (Å²) in [7, 11) is 0. The van der Waals surface area contributed by atoms with Crippen molar-refractivity contribution in [2.75, 3.05) is 11.9 Å². The molecule has 0 saturated carbocycles. The number of fused-ring (bicyclic) bond motifs is 1.